The zero-order valence-corrected chi connectivity index (χ0v) is 14.6. The van der Waals surface area contributed by atoms with E-state index in [1.807, 2.05) is 53.5 Å². The van der Waals surface area contributed by atoms with Crippen molar-refractivity contribution >= 4 is 17.3 Å². The summed E-state index contributed by atoms with van der Waals surface area (Å²) in [7, 11) is 0. The molecular formula is C20H23N3O. The number of rotatable bonds is 3. The van der Waals surface area contributed by atoms with Crippen molar-refractivity contribution in [3.63, 3.8) is 0 Å². The maximum absolute atomic E-state index is 12.3. The molecule has 0 unspecified atom stereocenters. The van der Waals surface area contributed by atoms with Crippen LogP contribution in [0.1, 0.15) is 39.4 Å². The molecule has 0 N–H and O–H groups in total. The van der Waals surface area contributed by atoms with Crippen LogP contribution in [0, 0.1) is 0 Å². The average Bonchev–Trinajstić information content (AvgIpc) is 2.97. The summed E-state index contributed by atoms with van der Waals surface area (Å²) in [6, 6.07) is 20.2. The Bertz CT molecular complexity index is 747. The molecule has 0 spiro atoms. The van der Waals surface area contributed by atoms with Gasteiger partial charge in [-0.3, -0.25) is 4.79 Å². The third-order valence-corrected chi connectivity index (χ3v) is 4.06. The number of amidine groups is 1. The predicted octanol–water partition coefficient (Wildman–Crippen LogP) is 4.21. The molecule has 0 aliphatic carbocycles. The molecule has 4 nitrogen and oxygen atoms in total. The summed E-state index contributed by atoms with van der Waals surface area (Å²) in [5.41, 5.74) is 1.84. The lowest BCUT2D eigenvalue weighted by Gasteiger charge is -2.40. The number of hydrogen-bond donors (Lipinski definition) is 0. The zero-order valence-electron chi connectivity index (χ0n) is 14.6. The molecule has 124 valence electrons. The molecule has 2 aromatic rings. The quantitative estimate of drug-likeness (QED) is 0.849. The van der Waals surface area contributed by atoms with Crippen LogP contribution in [0.15, 0.2) is 65.8 Å². The lowest BCUT2D eigenvalue weighted by molar-refractivity contribution is -0.112. The van der Waals surface area contributed by atoms with Crippen LogP contribution in [0.4, 0.5) is 5.69 Å². The Morgan fingerprint density at radius 2 is 1.50 bits per heavy atom. The van der Waals surface area contributed by atoms with Gasteiger partial charge in [-0.1, -0.05) is 48.5 Å². The van der Waals surface area contributed by atoms with E-state index in [9.17, 15) is 4.79 Å². The van der Waals surface area contributed by atoms with Crippen LogP contribution in [-0.4, -0.2) is 22.1 Å². The van der Waals surface area contributed by atoms with Crippen LogP contribution in [0.2, 0.25) is 0 Å². The van der Waals surface area contributed by atoms with E-state index in [0.29, 0.717) is 5.84 Å². The molecule has 0 aromatic heterocycles. The fourth-order valence-electron chi connectivity index (χ4n) is 3.05. The van der Waals surface area contributed by atoms with Crippen molar-refractivity contribution in [3.05, 3.63) is 66.2 Å². The highest BCUT2D eigenvalue weighted by atomic mass is 16.1. The first-order chi connectivity index (χ1) is 11.4. The number of ketones is 1. The molecule has 1 aliphatic rings. The van der Waals surface area contributed by atoms with Crippen molar-refractivity contribution < 1.29 is 4.79 Å². The third kappa shape index (κ3) is 2.92. The van der Waals surface area contributed by atoms with E-state index in [0.717, 1.165) is 11.3 Å². The van der Waals surface area contributed by atoms with Crippen molar-refractivity contribution in [2.45, 2.75) is 39.4 Å². The van der Waals surface area contributed by atoms with E-state index in [1.54, 1.807) is 6.92 Å². The standard InChI is InChI=1S/C20H23N3O/c1-15(24)18-21-23(17-13-9-6-10-14-17)19(22(18)20(2,3)4)16-11-7-5-8-12-16/h5-14,19H,1-4H3/t19-/m1/s1. The number of anilines is 1. The molecule has 3 rings (SSSR count). The molecule has 0 bridgehead atoms. The van der Waals surface area contributed by atoms with Gasteiger partial charge < -0.3 is 4.90 Å². The molecule has 0 saturated carbocycles. The molecule has 1 atom stereocenters. The van der Waals surface area contributed by atoms with Gasteiger partial charge in [-0.25, -0.2) is 5.01 Å². The summed E-state index contributed by atoms with van der Waals surface area (Å²) >= 11 is 0. The monoisotopic (exact) mass is 321 g/mol. The lowest BCUT2D eigenvalue weighted by Crippen LogP contribution is -2.49. The number of carbonyl (C=O) groups excluding carboxylic acids is 1. The van der Waals surface area contributed by atoms with Crippen LogP contribution < -0.4 is 5.01 Å². The van der Waals surface area contributed by atoms with Gasteiger partial charge in [0, 0.05) is 12.5 Å². The number of carbonyl (C=O) groups is 1. The minimum absolute atomic E-state index is 0.0238. The molecule has 0 amide bonds. The number of Topliss-reactive ketones (excluding diaryl/α,β-unsaturated/α-hetero) is 1. The van der Waals surface area contributed by atoms with Crippen molar-refractivity contribution in [2.24, 2.45) is 5.10 Å². The van der Waals surface area contributed by atoms with Crippen LogP contribution >= 0.6 is 0 Å². The van der Waals surface area contributed by atoms with Gasteiger partial charge in [0.05, 0.1) is 5.69 Å². The van der Waals surface area contributed by atoms with Crippen LogP contribution in [0.3, 0.4) is 0 Å². The first-order valence-corrected chi connectivity index (χ1v) is 8.17. The normalized spacial score (nSPS) is 17.8. The maximum atomic E-state index is 12.3. The SMILES string of the molecule is CC(=O)C1=NN(c2ccccc2)[C@H](c2ccccc2)N1C(C)(C)C. The van der Waals surface area contributed by atoms with Crippen LogP contribution in [-0.2, 0) is 4.79 Å². The zero-order chi connectivity index (χ0) is 17.3. The Kier molecular flexibility index (Phi) is 4.14. The van der Waals surface area contributed by atoms with Gasteiger partial charge in [0.2, 0.25) is 0 Å². The molecule has 0 radical (unpaired) electrons. The van der Waals surface area contributed by atoms with Gasteiger partial charge in [0.15, 0.2) is 17.8 Å². The Labute approximate surface area is 143 Å². The highest BCUT2D eigenvalue weighted by Gasteiger charge is 2.43. The predicted molar refractivity (Wildman–Crippen MR) is 97.8 cm³/mol. The molecule has 1 aliphatic heterocycles. The minimum Gasteiger partial charge on any atom is -0.321 e. The van der Waals surface area contributed by atoms with Gasteiger partial charge >= 0.3 is 0 Å². The second kappa shape index (κ2) is 6.11. The van der Waals surface area contributed by atoms with E-state index >= 15 is 0 Å². The summed E-state index contributed by atoms with van der Waals surface area (Å²) in [4.78, 5) is 14.4. The summed E-state index contributed by atoms with van der Waals surface area (Å²) in [5, 5.41) is 6.63. The number of nitrogens with zero attached hydrogens (tertiary/aromatic N) is 3. The van der Waals surface area contributed by atoms with Gasteiger partial charge in [0.25, 0.3) is 0 Å². The summed E-state index contributed by atoms with van der Waals surface area (Å²) in [6.07, 6.45) is -0.146. The third-order valence-electron chi connectivity index (χ3n) is 4.06. The lowest BCUT2D eigenvalue weighted by atomic mass is 10.0. The van der Waals surface area contributed by atoms with Gasteiger partial charge in [0.1, 0.15) is 0 Å². The molecule has 24 heavy (non-hydrogen) atoms. The molecule has 1 heterocycles. The highest BCUT2D eigenvalue weighted by Crippen LogP contribution is 2.39. The first-order valence-electron chi connectivity index (χ1n) is 8.17. The fraction of sp³-hybridized carbons (Fsp3) is 0.300. The van der Waals surface area contributed by atoms with Crippen molar-refractivity contribution in [1.82, 2.24) is 4.90 Å². The Morgan fingerprint density at radius 1 is 0.958 bits per heavy atom. The number of hydrogen-bond acceptors (Lipinski definition) is 4. The van der Waals surface area contributed by atoms with E-state index in [4.69, 9.17) is 0 Å². The molecular weight excluding hydrogens is 298 g/mol. The van der Waals surface area contributed by atoms with Crippen LogP contribution in [0.5, 0.6) is 0 Å². The fourth-order valence-corrected chi connectivity index (χ4v) is 3.05. The van der Waals surface area contributed by atoms with E-state index < -0.39 is 0 Å². The summed E-state index contributed by atoms with van der Waals surface area (Å²) in [5.74, 6) is 0.476. The maximum Gasteiger partial charge on any atom is 0.196 e. The van der Waals surface area contributed by atoms with E-state index in [-0.39, 0.29) is 17.5 Å². The molecule has 4 heteroatoms. The average molecular weight is 321 g/mol. The summed E-state index contributed by atoms with van der Waals surface area (Å²) < 4.78 is 0. The molecule has 0 saturated heterocycles. The van der Waals surface area contributed by atoms with E-state index in [1.165, 1.54) is 0 Å². The van der Waals surface area contributed by atoms with Gasteiger partial charge in [-0.15, -0.1) is 5.10 Å². The second-order valence-corrected chi connectivity index (χ2v) is 6.99. The van der Waals surface area contributed by atoms with Crippen molar-refractivity contribution in [2.75, 3.05) is 5.01 Å². The Morgan fingerprint density at radius 3 is 2.00 bits per heavy atom. The smallest absolute Gasteiger partial charge is 0.196 e. The second-order valence-electron chi connectivity index (χ2n) is 6.99. The number of hydrazone groups is 1. The van der Waals surface area contributed by atoms with E-state index in [2.05, 4.69) is 42.9 Å². The minimum atomic E-state index is -0.242. The van der Waals surface area contributed by atoms with Gasteiger partial charge in [-0.05, 0) is 38.5 Å². The van der Waals surface area contributed by atoms with Crippen molar-refractivity contribution in [3.8, 4) is 0 Å². The number of para-hydroxylation sites is 1. The van der Waals surface area contributed by atoms with Crippen LogP contribution in [0.25, 0.3) is 0 Å². The van der Waals surface area contributed by atoms with Gasteiger partial charge in [-0.2, -0.15) is 0 Å². The summed E-state index contributed by atoms with van der Waals surface area (Å²) in [6.45, 7) is 7.90. The first kappa shape index (κ1) is 16.2. The highest BCUT2D eigenvalue weighted by molar-refractivity contribution is 6.38. The Balaban J connectivity index is 2.17. The largest absolute Gasteiger partial charge is 0.321 e. The number of benzene rings is 2. The molecule has 2 aromatic carbocycles. The van der Waals surface area contributed by atoms with Crippen molar-refractivity contribution in [1.29, 1.82) is 0 Å². The topological polar surface area (TPSA) is 35.9 Å². The Hall–Kier alpha value is -2.62. The molecule has 0 fully saturated rings.